The molecule has 0 aliphatic carbocycles. The summed E-state index contributed by atoms with van der Waals surface area (Å²) < 4.78 is 0. The molecule has 1 aromatic carbocycles. The second-order valence-corrected chi connectivity index (χ2v) is 5.14. The van der Waals surface area contributed by atoms with E-state index >= 15 is 0 Å². The summed E-state index contributed by atoms with van der Waals surface area (Å²) in [5.41, 5.74) is 8.73. The van der Waals surface area contributed by atoms with Crippen molar-refractivity contribution in [1.29, 1.82) is 5.26 Å². The molecule has 0 fully saturated rings. The average molecular weight is 295 g/mol. The Labute approximate surface area is 129 Å². The Balaban J connectivity index is 2.32. The standard InChI is InChI=1S/C16H17N5O/c1-10-11(2)19-20-16(14(10)8-17)21(3)9-12-5-4-6-13(7-12)15(18)22/h4-7H,9H2,1-3H3,(H2,18,22). The third-order valence-electron chi connectivity index (χ3n) is 3.54. The molecule has 0 saturated heterocycles. The van der Waals surface area contributed by atoms with Gasteiger partial charge in [-0.3, -0.25) is 4.79 Å². The van der Waals surface area contributed by atoms with E-state index in [1.807, 2.05) is 31.9 Å². The Kier molecular flexibility index (Phi) is 4.37. The molecule has 1 amide bonds. The Hall–Kier alpha value is -2.94. The summed E-state index contributed by atoms with van der Waals surface area (Å²) in [5, 5.41) is 17.6. The summed E-state index contributed by atoms with van der Waals surface area (Å²) in [4.78, 5) is 13.1. The van der Waals surface area contributed by atoms with Crippen LogP contribution in [0.15, 0.2) is 24.3 Å². The summed E-state index contributed by atoms with van der Waals surface area (Å²) in [5.74, 6) is 0.0586. The number of benzene rings is 1. The van der Waals surface area contributed by atoms with E-state index in [-0.39, 0.29) is 0 Å². The molecule has 2 N–H and O–H groups in total. The van der Waals surface area contributed by atoms with Gasteiger partial charge in [-0.1, -0.05) is 12.1 Å². The van der Waals surface area contributed by atoms with E-state index in [0.717, 1.165) is 16.8 Å². The van der Waals surface area contributed by atoms with E-state index < -0.39 is 5.91 Å². The van der Waals surface area contributed by atoms with Crippen molar-refractivity contribution in [3.63, 3.8) is 0 Å². The SMILES string of the molecule is Cc1nnc(N(C)Cc2cccc(C(N)=O)c2)c(C#N)c1C. The third-order valence-corrected chi connectivity index (χ3v) is 3.54. The summed E-state index contributed by atoms with van der Waals surface area (Å²) in [6, 6.07) is 9.26. The first-order chi connectivity index (χ1) is 10.4. The second kappa shape index (κ2) is 6.22. The first-order valence-electron chi connectivity index (χ1n) is 6.78. The molecule has 0 aliphatic heterocycles. The minimum Gasteiger partial charge on any atom is -0.366 e. The number of nitriles is 1. The molecule has 6 heteroatoms. The zero-order valence-corrected chi connectivity index (χ0v) is 12.8. The maximum Gasteiger partial charge on any atom is 0.248 e. The Morgan fingerprint density at radius 1 is 1.36 bits per heavy atom. The molecule has 0 radical (unpaired) electrons. The van der Waals surface area contributed by atoms with Gasteiger partial charge in [0.05, 0.1) is 5.69 Å². The Bertz CT molecular complexity index is 764. The molecular weight excluding hydrogens is 278 g/mol. The van der Waals surface area contributed by atoms with Crippen LogP contribution in [0, 0.1) is 25.2 Å². The molecule has 2 rings (SSSR count). The number of carbonyl (C=O) groups excluding carboxylic acids is 1. The van der Waals surface area contributed by atoms with Crippen molar-refractivity contribution in [1.82, 2.24) is 10.2 Å². The first-order valence-corrected chi connectivity index (χ1v) is 6.78. The molecule has 22 heavy (non-hydrogen) atoms. The van der Waals surface area contributed by atoms with E-state index in [4.69, 9.17) is 5.73 Å². The van der Waals surface area contributed by atoms with Gasteiger partial charge in [0, 0.05) is 19.2 Å². The van der Waals surface area contributed by atoms with Gasteiger partial charge in [-0.15, -0.1) is 5.10 Å². The van der Waals surface area contributed by atoms with E-state index in [9.17, 15) is 10.1 Å². The van der Waals surface area contributed by atoms with Crippen molar-refractivity contribution in [2.24, 2.45) is 5.73 Å². The van der Waals surface area contributed by atoms with Gasteiger partial charge in [0.25, 0.3) is 0 Å². The van der Waals surface area contributed by atoms with Gasteiger partial charge in [-0.25, -0.2) is 0 Å². The van der Waals surface area contributed by atoms with Crippen molar-refractivity contribution in [2.45, 2.75) is 20.4 Å². The number of aryl methyl sites for hydroxylation is 1. The van der Waals surface area contributed by atoms with Gasteiger partial charge in [0.1, 0.15) is 11.6 Å². The van der Waals surface area contributed by atoms with E-state index in [1.165, 1.54) is 0 Å². The van der Waals surface area contributed by atoms with Crippen LogP contribution in [0.3, 0.4) is 0 Å². The van der Waals surface area contributed by atoms with Gasteiger partial charge < -0.3 is 10.6 Å². The van der Waals surface area contributed by atoms with Crippen LogP contribution < -0.4 is 10.6 Å². The zero-order chi connectivity index (χ0) is 16.3. The molecule has 1 heterocycles. The number of anilines is 1. The van der Waals surface area contributed by atoms with Crippen molar-refractivity contribution in [3.8, 4) is 6.07 Å². The minimum absolute atomic E-state index is 0.456. The lowest BCUT2D eigenvalue weighted by Crippen LogP contribution is -2.21. The molecule has 0 atom stereocenters. The fourth-order valence-electron chi connectivity index (χ4n) is 2.17. The van der Waals surface area contributed by atoms with Crippen molar-refractivity contribution < 1.29 is 4.79 Å². The lowest BCUT2D eigenvalue weighted by molar-refractivity contribution is 0.1000. The summed E-state index contributed by atoms with van der Waals surface area (Å²) >= 11 is 0. The summed E-state index contributed by atoms with van der Waals surface area (Å²) in [7, 11) is 1.83. The van der Waals surface area contributed by atoms with Crippen molar-refractivity contribution >= 4 is 11.7 Å². The molecule has 0 aliphatic rings. The predicted octanol–water partition coefficient (Wildman–Crippen LogP) is 1.70. The van der Waals surface area contributed by atoms with Gasteiger partial charge in [-0.05, 0) is 37.1 Å². The lowest BCUT2D eigenvalue weighted by atomic mass is 10.1. The molecule has 1 aromatic heterocycles. The molecule has 0 saturated carbocycles. The van der Waals surface area contributed by atoms with Crippen molar-refractivity contribution in [2.75, 3.05) is 11.9 Å². The second-order valence-electron chi connectivity index (χ2n) is 5.14. The largest absolute Gasteiger partial charge is 0.366 e. The van der Waals surface area contributed by atoms with Gasteiger partial charge >= 0.3 is 0 Å². The number of primary amides is 1. The monoisotopic (exact) mass is 295 g/mol. The van der Waals surface area contributed by atoms with Crippen LogP contribution in [0.4, 0.5) is 5.82 Å². The van der Waals surface area contributed by atoms with Gasteiger partial charge in [-0.2, -0.15) is 10.4 Å². The predicted molar refractivity (Wildman–Crippen MR) is 83.3 cm³/mol. The number of aromatic nitrogens is 2. The van der Waals surface area contributed by atoms with Crippen LogP contribution in [0.25, 0.3) is 0 Å². The number of hydrogen-bond donors (Lipinski definition) is 1. The highest BCUT2D eigenvalue weighted by atomic mass is 16.1. The highest BCUT2D eigenvalue weighted by Gasteiger charge is 2.15. The highest BCUT2D eigenvalue weighted by molar-refractivity contribution is 5.92. The Morgan fingerprint density at radius 3 is 2.73 bits per heavy atom. The molecule has 6 nitrogen and oxygen atoms in total. The van der Waals surface area contributed by atoms with Crippen molar-refractivity contribution in [3.05, 3.63) is 52.2 Å². The minimum atomic E-state index is -0.465. The smallest absolute Gasteiger partial charge is 0.248 e. The number of nitrogens with zero attached hydrogens (tertiary/aromatic N) is 4. The van der Waals surface area contributed by atoms with Crippen LogP contribution in [-0.4, -0.2) is 23.2 Å². The van der Waals surface area contributed by atoms with Crippen LogP contribution in [0.5, 0.6) is 0 Å². The van der Waals surface area contributed by atoms with Crippen LogP contribution in [0.1, 0.15) is 32.7 Å². The van der Waals surface area contributed by atoms with Crippen LogP contribution in [-0.2, 0) is 6.54 Å². The highest BCUT2D eigenvalue weighted by Crippen LogP contribution is 2.21. The maximum atomic E-state index is 11.2. The van der Waals surface area contributed by atoms with Crippen LogP contribution >= 0.6 is 0 Å². The fraction of sp³-hybridized carbons (Fsp3) is 0.250. The third kappa shape index (κ3) is 3.04. The summed E-state index contributed by atoms with van der Waals surface area (Å²) in [6.45, 7) is 4.17. The van der Waals surface area contributed by atoms with E-state index in [2.05, 4.69) is 16.3 Å². The maximum absolute atomic E-state index is 11.2. The average Bonchev–Trinajstić information content (AvgIpc) is 2.49. The van der Waals surface area contributed by atoms with Crippen LogP contribution in [0.2, 0.25) is 0 Å². The molecule has 112 valence electrons. The molecule has 0 spiro atoms. The van der Waals surface area contributed by atoms with Gasteiger partial charge in [0.15, 0.2) is 5.82 Å². The molecular formula is C16H17N5O. The van der Waals surface area contributed by atoms with E-state index in [1.54, 1.807) is 18.2 Å². The fourth-order valence-corrected chi connectivity index (χ4v) is 2.17. The number of nitrogens with two attached hydrogens (primary N) is 1. The number of amides is 1. The zero-order valence-electron chi connectivity index (χ0n) is 12.8. The first kappa shape index (κ1) is 15.4. The van der Waals surface area contributed by atoms with Gasteiger partial charge in [0.2, 0.25) is 5.91 Å². The quantitative estimate of drug-likeness (QED) is 0.926. The molecule has 0 unspecified atom stereocenters. The normalized spacial score (nSPS) is 10.1. The number of rotatable bonds is 4. The summed E-state index contributed by atoms with van der Waals surface area (Å²) in [6.07, 6.45) is 0. The van der Waals surface area contributed by atoms with E-state index in [0.29, 0.717) is 23.5 Å². The lowest BCUT2D eigenvalue weighted by Gasteiger charge is -2.20. The topological polar surface area (TPSA) is 95.9 Å². The Morgan fingerprint density at radius 2 is 2.09 bits per heavy atom. The number of carbonyl (C=O) groups is 1. The molecule has 0 bridgehead atoms. The number of hydrogen-bond acceptors (Lipinski definition) is 5. The molecule has 2 aromatic rings.